The molecule has 0 spiro atoms. The number of fused-ring (bicyclic) bond motifs is 1. The third-order valence-corrected chi connectivity index (χ3v) is 1.59. The molecule has 0 aliphatic rings. The van der Waals surface area contributed by atoms with Crippen molar-refractivity contribution in [1.29, 1.82) is 0 Å². The summed E-state index contributed by atoms with van der Waals surface area (Å²) >= 11 is 0. The second-order valence-electron chi connectivity index (χ2n) is 2.31. The van der Waals surface area contributed by atoms with Crippen LogP contribution in [0.2, 0.25) is 0 Å². The first-order valence-electron chi connectivity index (χ1n) is 3.34. The van der Waals surface area contributed by atoms with Crippen LogP contribution in [0.5, 0.6) is 0 Å². The van der Waals surface area contributed by atoms with Crippen LogP contribution >= 0.6 is 0 Å². The SMILES string of the molecule is C=Cc1cc2cocc2cn1. The molecular formula is C9H7NO. The lowest BCUT2D eigenvalue weighted by Gasteiger charge is -1.89. The van der Waals surface area contributed by atoms with Crippen molar-refractivity contribution < 1.29 is 4.42 Å². The lowest BCUT2D eigenvalue weighted by atomic mass is 10.2. The van der Waals surface area contributed by atoms with Crippen LogP contribution in [0.15, 0.2) is 35.8 Å². The Morgan fingerprint density at radius 3 is 3.00 bits per heavy atom. The van der Waals surface area contributed by atoms with Gasteiger partial charge in [0.15, 0.2) is 0 Å². The van der Waals surface area contributed by atoms with Crippen LogP contribution in [0.25, 0.3) is 16.8 Å². The summed E-state index contributed by atoms with van der Waals surface area (Å²) in [5.74, 6) is 0. The summed E-state index contributed by atoms with van der Waals surface area (Å²) in [6.45, 7) is 3.63. The van der Waals surface area contributed by atoms with Gasteiger partial charge < -0.3 is 4.42 Å². The summed E-state index contributed by atoms with van der Waals surface area (Å²) in [5.41, 5.74) is 0.874. The topological polar surface area (TPSA) is 26.0 Å². The Hall–Kier alpha value is -1.57. The average Bonchev–Trinajstić information content (AvgIpc) is 2.50. The molecule has 2 aromatic rings. The van der Waals surface area contributed by atoms with Crippen molar-refractivity contribution >= 4 is 16.8 Å². The van der Waals surface area contributed by atoms with E-state index in [1.807, 2.05) is 6.07 Å². The van der Waals surface area contributed by atoms with E-state index in [4.69, 9.17) is 4.42 Å². The summed E-state index contributed by atoms with van der Waals surface area (Å²) in [5, 5.41) is 2.09. The van der Waals surface area contributed by atoms with Gasteiger partial charge in [-0.3, -0.25) is 4.98 Å². The van der Waals surface area contributed by atoms with E-state index in [2.05, 4.69) is 11.6 Å². The molecule has 2 aromatic heterocycles. The maximum Gasteiger partial charge on any atom is 0.0996 e. The van der Waals surface area contributed by atoms with E-state index >= 15 is 0 Å². The normalized spacial score (nSPS) is 10.2. The molecule has 54 valence electrons. The molecule has 0 aromatic carbocycles. The quantitative estimate of drug-likeness (QED) is 0.616. The van der Waals surface area contributed by atoms with Crippen LogP contribution in [0.3, 0.4) is 0 Å². The van der Waals surface area contributed by atoms with Crippen LogP contribution in [0, 0.1) is 0 Å². The number of furan rings is 1. The molecule has 0 aliphatic carbocycles. The predicted octanol–water partition coefficient (Wildman–Crippen LogP) is 2.47. The lowest BCUT2D eigenvalue weighted by molar-refractivity contribution is 0.572. The third-order valence-electron chi connectivity index (χ3n) is 1.59. The Balaban J connectivity index is 2.76. The maximum atomic E-state index is 4.99. The van der Waals surface area contributed by atoms with Gasteiger partial charge in [-0.2, -0.15) is 0 Å². The number of rotatable bonds is 1. The molecule has 2 rings (SSSR count). The Kier molecular flexibility index (Phi) is 1.25. The minimum atomic E-state index is 0.874. The van der Waals surface area contributed by atoms with Gasteiger partial charge in [0.25, 0.3) is 0 Å². The van der Waals surface area contributed by atoms with Gasteiger partial charge in [-0.25, -0.2) is 0 Å². The Bertz CT molecular complexity index is 389. The molecule has 0 N–H and O–H groups in total. The van der Waals surface area contributed by atoms with Crippen LogP contribution in [0.4, 0.5) is 0 Å². The van der Waals surface area contributed by atoms with Gasteiger partial charge >= 0.3 is 0 Å². The molecule has 0 atom stereocenters. The van der Waals surface area contributed by atoms with Crippen LogP contribution in [-0.2, 0) is 0 Å². The van der Waals surface area contributed by atoms with Crippen molar-refractivity contribution in [1.82, 2.24) is 4.98 Å². The smallest absolute Gasteiger partial charge is 0.0996 e. The van der Waals surface area contributed by atoms with E-state index < -0.39 is 0 Å². The molecule has 2 nitrogen and oxygen atoms in total. The molecule has 0 saturated heterocycles. The second-order valence-corrected chi connectivity index (χ2v) is 2.31. The number of pyridine rings is 1. The highest BCUT2D eigenvalue weighted by atomic mass is 16.3. The number of hydrogen-bond acceptors (Lipinski definition) is 2. The summed E-state index contributed by atoms with van der Waals surface area (Å²) < 4.78 is 4.99. The predicted molar refractivity (Wildman–Crippen MR) is 44.1 cm³/mol. The summed E-state index contributed by atoms with van der Waals surface area (Å²) in [6.07, 6.45) is 6.86. The van der Waals surface area contributed by atoms with E-state index in [0.717, 1.165) is 16.5 Å². The van der Waals surface area contributed by atoms with Crippen molar-refractivity contribution in [3.05, 3.63) is 37.1 Å². The van der Waals surface area contributed by atoms with Gasteiger partial charge in [0.1, 0.15) is 0 Å². The van der Waals surface area contributed by atoms with Crippen molar-refractivity contribution in [3.8, 4) is 0 Å². The number of nitrogens with zero attached hydrogens (tertiary/aromatic N) is 1. The van der Waals surface area contributed by atoms with Crippen LogP contribution in [0.1, 0.15) is 5.69 Å². The molecule has 2 heteroatoms. The molecule has 11 heavy (non-hydrogen) atoms. The molecule has 0 bridgehead atoms. The van der Waals surface area contributed by atoms with Gasteiger partial charge in [-0.05, 0) is 12.1 Å². The van der Waals surface area contributed by atoms with E-state index in [-0.39, 0.29) is 0 Å². The zero-order valence-electron chi connectivity index (χ0n) is 5.95. The fourth-order valence-corrected chi connectivity index (χ4v) is 0.991. The first-order chi connectivity index (χ1) is 5.40. The summed E-state index contributed by atoms with van der Waals surface area (Å²) in [6, 6.07) is 1.94. The van der Waals surface area contributed by atoms with Crippen LogP contribution in [-0.4, -0.2) is 4.98 Å². The minimum absolute atomic E-state index is 0.874. The molecule has 2 heterocycles. The first kappa shape index (κ1) is 6.16. The van der Waals surface area contributed by atoms with Gasteiger partial charge in [0.05, 0.1) is 18.2 Å². The molecule has 0 amide bonds. The molecule has 0 radical (unpaired) electrons. The Morgan fingerprint density at radius 1 is 1.36 bits per heavy atom. The molecule has 0 fully saturated rings. The number of aromatic nitrogens is 1. The van der Waals surface area contributed by atoms with Gasteiger partial charge in [0.2, 0.25) is 0 Å². The number of hydrogen-bond donors (Lipinski definition) is 0. The van der Waals surface area contributed by atoms with Gasteiger partial charge in [-0.1, -0.05) is 6.58 Å². The van der Waals surface area contributed by atoms with Crippen LogP contribution < -0.4 is 0 Å². The fraction of sp³-hybridized carbons (Fsp3) is 0. The lowest BCUT2D eigenvalue weighted by Crippen LogP contribution is -1.76. The molecule has 0 aliphatic heterocycles. The Morgan fingerprint density at radius 2 is 2.18 bits per heavy atom. The fourth-order valence-electron chi connectivity index (χ4n) is 0.991. The summed E-state index contributed by atoms with van der Waals surface area (Å²) in [4.78, 5) is 4.12. The molecule has 0 saturated carbocycles. The zero-order valence-corrected chi connectivity index (χ0v) is 5.95. The molecular weight excluding hydrogens is 138 g/mol. The first-order valence-corrected chi connectivity index (χ1v) is 3.34. The van der Waals surface area contributed by atoms with E-state index in [0.29, 0.717) is 0 Å². The minimum Gasteiger partial charge on any atom is -0.471 e. The van der Waals surface area contributed by atoms with Gasteiger partial charge in [-0.15, -0.1) is 0 Å². The maximum absolute atomic E-state index is 4.99. The zero-order chi connectivity index (χ0) is 7.68. The highest BCUT2D eigenvalue weighted by Crippen LogP contribution is 2.14. The highest BCUT2D eigenvalue weighted by molar-refractivity contribution is 5.81. The second kappa shape index (κ2) is 2.23. The largest absolute Gasteiger partial charge is 0.471 e. The third kappa shape index (κ3) is 0.923. The van der Waals surface area contributed by atoms with Crippen molar-refractivity contribution in [2.75, 3.05) is 0 Å². The monoisotopic (exact) mass is 145 g/mol. The molecule has 0 unspecified atom stereocenters. The average molecular weight is 145 g/mol. The standard InChI is InChI=1S/C9H7NO/c1-2-9-3-7-5-11-6-8(7)4-10-9/h2-6H,1H2. The van der Waals surface area contributed by atoms with E-state index in [9.17, 15) is 0 Å². The van der Waals surface area contributed by atoms with Gasteiger partial charge in [0, 0.05) is 17.0 Å². The van der Waals surface area contributed by atoms with E-state index in [1.165, 1.54) is 0 Å². The Labute approximate surface area is 64.2 Å². The van der Waals surface area contributed by atoms with Crippen molar-refractivity contribution in [2.24, 2.45) is 0 Å². The van der Waals surface area contributed by atoms with E-state index in [1.54, 1.807) is 24.8 Å². The highest BCUT2D eigenvalue weighted by Gasteiger charge is 1.95. The van der Waals surface area contributed by atoms with Crippen molar-refractivity contribution in [3.63, 3.8) is 0 Å². The van der Waals surface area contributed by atoms with Crippen molar-refractivity contribution in [2.45, 2.75) is 0 Å². The summed E-state index contributed by atoms with van der Waals surface area (Å²) in [7, 11) is 0.